The van der Waals surface area contributed by atoms with Crippen molar-refractivity contribution in [1.29, 1.82) is 0 Å². The van der Waals surface area contributed by atoms with Gasteiger partial charge in [0.25, 0.3) is 5.56 Å². The summed E-state index contributed by atoms with van der Waals surface area (Å²) < 4.78 is 12.1. The summed E-state index contributed by atoms with van der Waals surface area (Å²) in [5.41, 5.74) is 6.05. The standard InChI is InChI=1S/C25H29N5O5/c1-4-29(20(31)13-27-25(2,3)17-10-11-18-19(12-17)35-15-34-18)21-22(26)30(24(33)28-23(21)32)14-16-8-6-5-7-9-16/h5-12,27H,4,13-15,26H2,1-3H3,(H,28,32,33). The fourth-order valence-electron chi connectivity index (χ4n) is 4.00. The number of hydrogen-bond donors (Lipinski definition) is 3. The van der Waals surface area contributed by atoms with Crippen LogP contribution in [0.1, 0.15) is 31.9 Å². The first-order chi connectivity index (χ1) is 16.7. The Morgan fingerprint density at radius 2 is 1.86 bits per heavy atom. The van der Waals surface area contributed by atoms with Crippen LogP contribution >= 0.6 is 0 Å². The van der Waals surface area contributed by atoms with Crippen LogP contribution in [-0.2, 0) is 16.9 Å². The van der Waals surface area contributed by atoms with Crippen molar-refractivity contribution in [2.45, 2.75) is 32.9 Å². The van der Waals surface area contributed by atoms with E-state index in [2.05, 4.69) is 10.3 Å². The van der Waals surface area contributed by atoms with Crippen LogP contribution in [0.3, 0.4) is 0 Å². The Balaban J connectivity index is 1.56. The van der Waals surface area contributed by atoms with Gasteiger partial charge in [0.05, 0.1) is 13.1 Å². The number of nitrogens with zero attached hydrogens (tertiary/aromatic N) is 2. The first kappa shape index (κ1) is 24.1. The highest BCUT2D eigenvalue weighted by atomic mass is 16.7. The number of nitrogens with one attached hydrogen (secondary N) is 2. The van der Waals surface area contributed by atoms with Gasteiger partial charge in [-0.05, 0) is 44.0 Å². The summed E-state index contributed by atoms with van der Waals surface area (Å²) in [6.07, 6.45) is 0. The van der Waals surface area contributed by atoms with Crippen LogP contribution in [0, 0.1) is 0 Å². The Morgan fingerprint density at radius 1 is 1.14 bits per heavy atom. The summed E-state index contributed by atoms with van der Waals surface area (Å²) in [4.78, 5) is 42.0. The SMILES string of the molecule is CCN(C(=O)CNC(C)(C)c1ccc2c(c1)OCO2)c1c(N)n(Cc2ccccc2)c(=O)[nH]c1=O. The first-order valence-electron chi connectivity index (χ1n) is 11.3. The van der Waals surface area contributed by atoms with Crippen molar-refractivity contribution in [1.82, 2.24) is 14.9 Å². The third-order valence-corrected chi connectivity index (χ3v) is 6.06. The molecule has 184 valence electrons. The maximum absolute atomic E-state index is 13.2. The van der Waals surface area contributed by atoms with Crippen molar-refractivity contribution in [2.24, 2.45) is 0 Å². The monoisotopic (exact) mass is 479 g/mol. The lowest BCUT2D eigenvalue weighted by atomic mass is 9.94. The van der Waals surface area contributed by atoms with Gasteiger partial charge in [-0.3, -0.25) is 24.5 Å². The van der Waals surface area contributed by atoms with E-state index in [1.54, 1.807) is 6.92 Å². The van der Waals surface area contributed by atoms with Crippen LogP contribution in [0.4, 0.5) is 11.5 Å². The number of rotatable bonds is 8. The number of H-pyrrole nitrogens is 1. The maximum atomic E-state index is 13.2. The number of ether oxygens (including phenoxy) is 2. The van der Waals surface area contributed by atoms with Crippen molar-refractivity contribution in [3.63, 3.8) is 0 Å². The average molecular weight is 480 g/mol. The lowest BCUT2D eigenvalue weighted by molar-refractivity contribution is -0.118. The summed E-state index contributed by atoms with van der Waals surface area (Å²) in [6.45, 7) is 6.10. The number of aromatic amines is 1. The molecule has 1 aromatic heterocycles. The molecule has 2 aromatic carbocycles. The molecule has 1 aliphatic rings. The number of aromatic nitrogens is 2. The Labute approximate surface area is 202 Å². The molecule has 10 nitrogen and oxygen atoms in total. The molecule has 0 saturated heterocycles. The molecule has 0 unspecified atom stereocenters. The van der Waals surface area contributed by atoms with E-state index in [0.29, 0.717) is 11.5 Å². The lowest BCUT2D eigenvalue weighted by Gasteiger charge is -2.29. The van der Waals surface area contributed by atoms with Crippen LogP contribution in [-0.4, -0.2) is 35.3 Å². The van der Waals surface area contributed by atoms with E-state index in [0.717, 1.165) is 11.1 Å². The van der Waals surface area contributed by atoms with Crippen LogP contribution < -0.4 is 36.7 Å². The van der Waals surface area contributed by atoms with E-state index in [-0.39, 0.29) is 43.8 Å². The number of amides is 1. The fraction of sp³-hybridized carbons (Fsp3) is 0.320. The average Bonchev–Trinajstić information content (AvgIpc) is 3.31. The zero-order valence-electron chi connectivity index (χ0n) is 20.0. The van der Waals surface area contributed by atoms with E-state index >= 15 is 0 Å². The highest BCUT2D eigenvalue weighted by Crippen LogP contribution is 2.35. The van der Waals surface area contributed by atoms with Gasteiger partial charge in [-0.2, -0.15) is 0 Å². The highest BCUT2D eigenvalue weighted by Gasteiger charge is 2.27. The van der Waals surface area contributed by atoms with E-state index in [4.69, 9.17) is 15.2 Å². The smallest absolute Gasteiger partial charge is 0.330 e. The normalized spacial score (nSPS) is 12.5. The quantitative estimate of drug-likeness (QED) is 0.449. The van der Waals surface area contributed by atoms with Crippen molar-refractivity contribution in [3.05, 3.63) is 80.5 Å². The predicted octanol–water partition coefficient (Wildman–Crippen LogP) is 1.77. The van der Waals surface area contributed by atoms with Gasteiger partial charge in [0.1, 0.15) is 5.82 Å². The van der Waals surface area contributed by atoms with Crippen molar-refractivity contribution < 1.29 is 14.3 Å². The molecule has 0 saturated carbocycles. The number of likely N-dealkylation sites (N-methyl/N-ethyl adjacent to an activating group) is 1. The largest absolute Gasteiger partial charge is 0.454 e. The number of carbonyl (C=O) groups is 1. The molecule has 1 amide bonds. The third-order valence-electron chi connectivity index (χ3n) is 6.06. The van der Waals surface area contributed by atoms with Gasteiger partial charge in [-0.25, -0.2) is 4.79 Å². The van der Waals surface area contributed by atoms with Gasteiger partial charge in [-0.15, -0.1) is 0 Å². The zero-order valence-corrected chi connectivity index (χ0v) is 20.0. The van der Waals surface area contributed by atoms with Gasteiger partial charge >= 0.3 is 5.69 Å². The van der Waals surface area contributed by atoms with Gasteiger partial charge in [0.2, 0.25) is 12.7 Å². The van der Waals surface area contributed by atoms with E-state index in [1.165, 1.54) is 9.47 Å². The number of anilines is 2. The summed E-state index contributed by atoms with van der Waals surface area (Å²) in [6, 6.07) is 14.9. The zero-order chi connectivity index (χ0) is 25.2. The molecule has 0 atom stereocenters. The molecular weight excluding hydrogens is 450 g/mol. The van der Waals surface area contributed by atoms with E-state index in [9.17, 15) is 14.4 Å². The summed E-state index contributed by atoms with van der Waals surface area (Å²) in [7, 11) is 0. The first-order valence-corrected chi connectivity index (χ1v) is 11.3. The van der Waals surface area contributed by atoms with Crippen molar-refractivity contribution in [3.8, 4) is 11.5 Å². The Kier molecular flexibility index (Phi) is 6.65. The van der Waals surface area contributed by atoms with Crippen LogP contribution in [0.2, 0.25) is 0 Å². The van der Waals surface area contributed by atoms with Gasteiger partial charge in [0.15, 0.2) is 17.2 Å². The second-order valence-corrected chi connectivity index (χ2v) is 8.75. The number of fused-ring (bicyclic) bond motifs is 1. The van der Waals surface area contributed by atoms with Crippen LogP contribution in [0.5, 0.6) is 11.5 Å². The van der Waals surface area contributed by atoms with Crippen LogP contribution in [0.25, 0.3) is 0 Å². The molecule has 0 spiro atoms. The molecule has 4 N–H and O–H groups in total. The van der Waals surface area contributed by atoms with Crippen LogP contribution in [0.15, 0.2) is 58.1 Å². The van der Waals surface area contributed by atoms with Gasteiger partial charge < -0.3 is 20.1 Å². The Hall–Kier alpha value is -4.05. The van der Waals surface area contributed by atoms with Crippen molar-refractivity contribution >= 4 is 17.4 Å². The van der Waals surface area contributed by atoms with E-state index < -0.39 is 16.8 Å². The van der Waals surface area contributed by atoms with Gasteiger partial charge in [-0.1, -0.05) is 36.4 Å². The molecule has 35 heavy (non-hydrogen) atoms. The molecule has 4 rings (SSSR count). The number of carbonyl (C=O) groups excluding carboxylic acids is 1. The van der Waals surface area contributed by atoms with Crippen molar-refractivity contribution in [2.75, 3.05) is 30.5 Å². The lowest BCUT2D eigenvalue weighted by Crippen LogP contribution is -2.47. The molecule has 0 radical (unpaired) electrons. The Bertz CT molecular complexity index is 1350. The number of nitrogens with two attached hydrogens (primary N) is 1. The summed E-state index contributed by atoms with van der Waals surface area (Å²) >= 11 is 0. The fourth-order valence-corrected chi connectivity index (χ4v) is 4.00. The minimum Gasteiger partial charge on any atom is -0.454 e. The second kappa shape index (κ2) is 9.67. The third kappa shape index (κ3) is 4.92. The molecule has 2 heterocycles. The summed E-state index contributed by atoms with van der Waals surface area (Å²) in [5.74, 6) is 0.910. The predicted molar refractivity (Wildman–Crippen MR) is 133 cm³/mol. The maximum Gasteiger partial charge on any atom is 0.330 e. The molecule has 1 aliphatic heterocycles. The summed E-state index contributed by atoms with van der Waals surface area (Å²) in [5, 5.41) is 3.25. The molecule has 0 bridgehead atoms. The molecule has 10 heteroatoms. The number of benzene rings is 2. The van der Waals surface area contributed by atoms with Gasteiger partial charge in [0, 0.05) is 12.1 Å². The molecule has 3 aromatic rings. The van der Waals surface area contributed by atoms with E-state index in [1.807, 2.05) is 62.4 Å². The second-order valence-electron chi connectivity index (χ2n) is 8.75. The molecule has 0 aliphatic carbocycles. The minimum absolute atomic E-state index is 0.0456. The topological polar surface area (TPSA) is 132 Å². The minimum atomic E-state index is -0.706. The number of hydrogen-bond acceptors (Lipinski definition) is 7. The molecule has 0 fully saturated rings. The Morgan fingerprint density at radius 3 is 2.57 bits per heavy atom. The highest BCUT2D eigenvalue weighted by molar-refractivity contribution is 5.96. The number of nitrogen functional groups attached to an aromatic ring is 1. The molecular formula is C25H29N5O5.